The summed E-state index contributed by atoms with van der Waals surface area (Å²) in [6.07, 6.45) is 3.54. The first-order chi connectivity index (χ1) is 12.2. The summed E-state index contributed by atoms with van der Waals surface area (Å²) in [4.78, 5) is 12.6. The van der Waals surface area contributed by atoms with Gasteiger partial charge in [0.1, 0.15) is 5.56 Å². The van der Waals surface area contributed by atoms with E-state index in [1.165, 1.54) is 0 Å². The maximum atomic E-state index is 12.6. The molecule has 1 amide bonds. The van der Waals surface area contributed by atoms with Crippen molar-refractivity contribution in [2.24, 2.45) is 0 Å². The number of ether oxygens (including phenoxy) is 3. The molecule has 1 aliphatic heterocycles. The van der Waals surface area contributed by atoms with Crippen LogP contribution in [0.5, 0.6) is 17.4 Å². The average molecular weight is 345 g/mol. The molecule has 134 valence electrons. The highest BCUT2D eigenvalue weighted by Gasteiger charge is 2.18. The fourth-order valence-electron chi connectivity index (χ4n) is 2.54. The van der Waals surface area contributed by atoms with Crippen LogP contribution in [0.3, 0.4) is 0 Å². The summed E-state index contributed by atoms with van der Waals surface area (Å²) in [5.74, 6) is 1.62. The molecular formula is C18H23N3O4. The van der Waals surface area contributed by atoms with Gasteiger partial charge in [-0.05, 0) is 30.5 Å². The van der Waals surface area contributed by atoms with E-state index in [-0.39, 0.29) is 12.7 Å². The lowest BCUT2D eigenvalue weighted by Gasteiger charge is -2.07. The molecule has 0 radical (unpaired) electrons. The molecule has 7 nitrogen and oxygen atoms in total. The van der Waals surface area contributed by atoms with Crippen molar-refractivity contribution in [2.75, 3.05) is 13.4 Å². The number of benzene rings is 1. The van der Waals surface area contributed by atoms with Gasteiger partial charge in [0, 0.05) is 19.3 Å². The minimum Gasteiger partial charge on any atom is -0.476 e. The fraction of sp³-hybridized carbons (Fsp3) is 0.444. The standard InChI is InChI=1S/C18H23N3O4/c1-3-7-21-11-14(18(20-21)23-8-4-2)17(22)19-10-13-5-6-15-16(9-13)25-12-24-15/h5-6,9,11H,3-4,7-8,10,12H2,1-2H3,(H,19,22). The van der Waals surface area contributed by atoms with Crippen LogP contribution in [0, 0.1) is 0 Å². The van der Waals surface area contributed by atoms with Crippen LogP contribution in [0.25, 0.3) is 0 Å². The molecule has 0 bridgehead atoms. The van der Waals surface area contributed by atoms with Gasteiger partial charge >= 0.3 is 0 Å². The van der Waals surface area contributed by atoms with Crippen LogP contribution < -0.4 is 19.5 Å². The molecule has 1 aromatic carbocycles. The second-order valence-electron chi connectivity index (χ2n) is 5.83. The highest BCUT2D eigenvalue weighted by Crippen LogP contribution is 2.32. The SMILES string of the molecule is CCCOc1nn(CCC)cc1C(=O)NCc1ccc2c(c1)OCO2. The molecule has 0 saturated carbocycles. The minimum atomic E-state index is -0.203. The topological polar surface area (TPSA) is 74.6 Å². The molecule has 1 aliphatic rings. The van der Waals surface area contributed by atoms with Crippen molar-refractivity contribution in [2.45, 2.75) is 39.8 Å². The van der Waals surface area contributed by atoms with E-state index in [9.17, 15) is 4.79 Å². The summed E-state index contributed by atoms with van der Waals surface area (Å²) < 4.78 is 18.0. The van der Waals surface area contributed by atoms with E-state index >= 15 is 0 Å². The zero-order valence-electron chi connectivity index (χ0n) is 14.6. The number of aromatic nitrogens is 2. The Labute approximate surface area is 146 Å². The predicted octanol–water partition coefficient (Wildman–Crippen LogP) is 2.74. The number of rotatable bonds is 8. The van der Waals surface area contributed by atoms with Crippen LogP contribution >= 0.6 is 0 Å². The van der Waals surface area contributed by atoms with Gasteiger partial charge in [-0.25, -0.2) is 0 Å². The summed E-state index contributed by atoms with van der Waals surface area (Å²) in [5, 5.41) is 7.27. The summed E-state index contributed by atoms with van der Waals surface area (Å²) >= 11 is 0. The van der Waals surface area contributed by atoms with Crippen molar-refractivity contribution in [1.29, 1.82) is 0 Å². The van der Waals surface area contributed by atoms with Gasteiger partial charge in [0.25, 0.3) is 5.91 Å². The lowest BCUT2D eigenvalue weighted by atomic mass is 10.2. The maximum absolute atomic E-state index is 12.6. The number of nitrogens with one attached hydrogen (secondary N) is 1. The smallest absolute Gasteiger partial charge is 0.258 e. The average Bonchev–Trinajstić information content (AvgIpc) is 3.24. The van der Waals surface area contributed by atoms with E-state index in [1.807, 2.05) is 25.1 Å². The zero-order valence-corrected chi connectivity index (χ0v) is 14.6. The number of carbonyl (C=O) groups excluding carboxylic acids is 1. The predicted molar refractivity (Wildman–Crippen MR) is 92.0 cm³/mol. The molecule has 0 fully saturated rings. The molecule has 0 spiro atoms. The maximum Gasteiger partial charge on any atom is 0.258 e. The van der Waals surface area contributed by atoms with E-state index in [0.717, 1.165) is 30.7 Å². The molecular weight excluding hydrogens is 322 g/mol. The Balaban J connectivity index is 1.67. The van der Waals surface area contributed by atoms with Crippen molar-refractivity contribution in [3.63, 3.8) is 0 Å². The van der Waals surface area contributed by atoms with Gasteiger partial charge in [0.15, 0.2) is 11.5 Å². The van der Waals surface area contributed by atoms with Crippen molar-refractivity contribution >= 4 is 5.91 Å². The number of nitrogens with zero attached hydrogens (tertiary/aromatic N) is 2. The second kappa shape index (κ2) is 7.92. The Morgan fingerprint density at radius 1 is 1.28 bits per heavy atom. The number of hydrogen-bond donors (Lipinski definition) is 1. The molecule has 7 heteroatoms. The van der Waals surface area contributed by atoms with Crippen molar-refractivity contribution in [3.05, 3.63) is 35.5 Å². The number of hydrogen-bond acceptors (Lipinski definition) is 5. The van der Waals surface area contributed by atoms with Crippen LogP contribution in [0.2, 0.25) is 0 Å². The molecule has 0 unspecified atom stereocenters. The van der Waals surface area contributed by atoms with Crippen molar-refractivity contribution in [1.82, 2.24) is 15.1 Å². The first-order valence-electron chi connectivity index (χ1n) is 8.58. The van der Waals surface area contributed by atoms with E-state index in [4.69, 9.17) is 14.2 Å². The first kappa shape index (κ1) is 17.1. The molecule has 2 heterocycles. The third-order valence-corrected chi connectivity index (χ3v) is 3.76. The van der Waals surface area contributed by atoms with E-state index in [1.54, 1.807) is 10.9 Å². The van der Waals surface area contributed by atoms with Crippen LogP contribution in [-0.2, 0) is 13.1 Å². The molecule has 1 aromatic heterocycles. The quantitative estimate of drug-likeness (QED) is 0.796. The lowest BCUT2D eigenvalue weighted by molar-refractivity contribution is 0.0946. The minimum absolute atomic E-state index is 0.203. The number of fused-ring (bicyclic) bond motifs is 1. The van der Waals surface area contributed by atoms with Crippen LogP contribution in [0.1, 0.15) is 42.6 Å². The molecule has 0 aliphatic carbocycles. The summed E-state index contributed by atoms with van der Waals surface area (Å²) in [5.41, 5.74) is 1.40. The molecule has 25 heavy (non-hydrogen) atoms. The van der Waals surface area contributed by atoms with Crippen molar-refractivity contribution < 1.29 is 19.0 Å². The summed E-state index contributed by atoms with van der Waals surface area (Å²) in [7, 11) is 0. The van der Waals surface area contributed by atoms with Gasteiger partial charge in [-0.1, -0.05) is 19.9 Å². The Morgan fingerprint density at radius 3 is 2.92 bits per heavy atom. The summed E-state index contributed by atoms with van der Waals surface area (Å²) in [6.45, 7) is 5.99. The first-order valence-corrected chi connectivity index (χ1v) is 8.58. The van der Waals surface area contributed by atoms with E-state index < -0.39 is 0 Å². The van der Waals surface area contributed by atoms with Gasteiger partial charge in [0.05, 0.1) is 6.61 Å². The Hall–Kier alpha value is -2.70. The lowest BCUT2D eigenvalue weighted by Crippen LogP contribution is -2.23. The van der Waals surface area contributed by atoms with Gasteiger partial charge in [-0.15, -0.1) is 5.10 Å². The van der Waals surface area contributed by atoms with Gasteiger partial charge in [-0.2, -0.15) is 0 Å². The molecule has 0 atom stereocenters. The third-order valence-electron chi connectivity index (χ3n) is 3.76. The Morgan fingerprint density at radius 2 is 2.12 bits per heavy atom. The third kappa shape index (κ3) is 4.04. The highest BCUT2D eigenvalue weighted by atomic mass is 16.7. The largest absolute Gasteiger partial charge is 0.476 e. The van der Waals surface area contributed by atoms with Gasteiger partial charge < -0.3 is 19.5 Å². The number of amides is 1. The summed E-state index contributed by atoms with van der Waals surface area (Å²) in [6, 6.07) is 5.62. The van der Waals surface area contributed by atoms with Crippen LogP contribution in [-0.4, -0.2) is 29.1 Å². The van der Waals surface area contributed by atoms with E-state index in [0.29, 0.717) is 30.3 Å². The van der Waals surface area contributed by atoms with Crippen LogP contribution in [0.15, 0.2) is 24.4 Å². The zero-order chi connectivity index (χ0) is 17.6. The number of aryl methyl sites for hydroxylation is 1. The monoisotopic (exact) mass is 345 g/mol. The van der Waals surface area contributed by atoms with Gasteiger partial charge in [0.2, 0.25) is 12.7 Å². The van der Waals surface area contributed by atoms with E-state index in [2.05, 4.69) is 17.3 Å². The molecule has 1 N–H and O–H groups in total. The molecule has 3 rings (SSSR count). The molecule has 2 aromatic rings. The normalized spacial score (nSPS) is 12.2. The number of carbonyl (C=O) groups is 1. The highest BCUT2D eigenvalue weighted by molar-refractivity contribution is 5.96. The second-order valence-corrected chi connectivity index (χ2v) is 5.83. The van der Waals surface area contributed by atoms with Gasteiger partial charge in [-0.3, -0.25) is 9.48 Å². The van der Waals surface area contributed by atoms with Crippen molar-refractivity contribution in [3.8, 4) is 17.4 Å². The Kier molecular flexibility index (Phi) is 5.42. The Bertz CT molecular complexity index is 742. The van der Waals surface area contributed by atoms with Crippen LogP contribution in [0.4, 0.5) is 0 Å². The fourth-order valence-corrected chi connectivity index (χ4v) is 2.54. The molecule has 0 saturated heterocycles.